The summed E-state index contributed by atoms with van der Waals surface area (Å²) in [6.07, 6.45) is 0.137. The fraction of sp³-hybridized carbons (Fsp3) is 0.381. The molecule has 1 aliphatic carbocycles. The summed E-state index contributed by atoms with van der Waals surface area (Å²) in [7, 11) is 0. The van der Waals surface area contributed by atoms with Gasteiger partial charge in [-0.15, -0.1) is 0 Å². The SMILES string of the molecule is [2H]C1(C(=O)N2CCN(c3cc(Cl)ccc3C)CC2)CC1([2H])c1ccc(F)cc1. The summed E-state index contributed by atoms with van der Waals surface area (Å²) < 4.78 is 30.4. The molecule has 1 saturated heterocycles. The largest absolute Gasteiger partial charge is 0.368 e. The molecule has 136 valence electrons. The summed E-state index contributed by atoms with van der Waals surface area (Å²) in [5.74, 6) is -3.51. The van der Waals surface area contributed by atoms with E-state index in [1.165, 1.54) is 24.3 Å². The first kappa shape index (κ1) is 15.0. The molecule has 26 heavy (non-hydrogen) atoms. The topological polar surface area (TPSA) is 23.6 Å². The van der Waals surface area contributed by atoms with Crippen molar-refractivity contribution >= 4 is 23.2 Å². The number of benzene rings is 2. The normalized spacial score (nSPS) is 29.2. The summed E-state index contributed by atoms with van der Waals surface area (Å²) >= 11 is 6.12. The van der Waals surface area contributed by atoms with Gasteiger partial charge in [-0.05, 0) is 54.6 Å². The molecule has 0 aromatic heterocycles. The summed E-state index contributed by atoms with van der Waals surface area (Å²) in [5.41, 5.74) is 2.71. The Labute approximate surface area is 161 Å². The maximum Gasteiger partial charge on any atom is 0.226 e. The van der Waals surface area contributed by atoms with Gasteiger partial charge in [0.05, 0.1) is 0 Å². The van der Waals surface area contributed by atoms with Crippen LogP contribution in [0.4, 0.5) is 10.1 Å². The van der Waals surface area contributed by atoms with Crippen LogP contribution in [0.1, 0.15) is 26.2 Å². The number of piperazine rings is 1. The Morgan fingerprint density at radius 3 is 2.54 bits per heavy atom. The Kier molecular flexibility index (Phi) is 4.00. The van der Waals surface area contributed by atoms with Gasteiger partial charge in [0.1, 0.15) is 5.82 Å². The van der Waals surface area contributed by atoms with Gasteiger partial charge in [-0.1, -0.05) is 29.8 Å². The van der Waals surface area contributed by atoms with E-state index in [9.17, 15) is 9.18 Å². The number of hydrogen-bond acceptors (Lipinski definition) is 2. The first-order chi connectivity index (χ1) is 13.2. The van der Waals surface area contributed by atoms with Gasteiger partial charge in [0.2, 0.25) is 5.91 Å². The van der Waals surface area contributed by atoms with Gasteiger partial charge < -0.3 is 9.80 Å². The minimum atomic E-state index is -1.50. The molecule has 1 amide bonds. The standard InChI is InChI=1S/C21H22ClFN2O/c1-14-2-5-16(22)12-20(14)24-8-10-25(11-9-24)21(26)19-13-18(19)15-3-6-17(23)7-4-15/h2-7,12,18-19H,8-11,13H2,1H3/i18D,19D. The lowest BCUT2D eigenvalue weighted by Gasteiger charge is -2.37. The molecular weight excluding hydrogens is 351 g/mol. The van der Waals surface area contributed by atoms with E-state index >= 15 is 0 Å². The Hall–Kier alpha value is -2.07. The zero-order chi connectivity index (χ0) is 20.1. The number of rotatable bonds is 3. The van der Waals surface area contributed by atoms with Crippen LogP contribution in [-0.2, 0) is 4.79 Å². The number of amides is 1. The van der Waals surface area contributed by atoms with Crippen molar-refractivity contribution in [2.45, 2.75) is 19.2 Å². The minimum absolute atomic E-state index is 0.137. The van der Waals surface area contributed by atoms with Gasteiger partial charge >= 0.3 is 0 Å². The van der Waals surface area contributed by atoms with E-state index in [0.29, 0.717) is 36.8 Å². The molecule has 1 aliphatic heterocycles. The average Bonchev–Trinajstić information content (AvgIpc) is 3.27. The smallest absolute Gasteiger partial charge is 0.226 e. The lowest BCUT2D eigenvalue weighted by atomic mass is 10.1. The Morgan fingerprint density at radius 2 is 1.85 bits per heavy atom. The molecule has 1 saturated carbocycles. The summed E-state index contributed by atoms with van der Waals surface area (Å²) in [6, 6.07) is 11.3. The molecule has 1 heterocycles. The third kappa shape index (κ3) is 3.43. The van der Waals surface area contributed by atoms with Gasteiger partial charge in [-0.2, -0.15) is 0 Å². The predicted molar refractivity (Wildman–Crippen MR) is 102 cm³/mol. The number of nitrogens with zero attached hydrogens (tertiary/aromatic N) is 2. The van der Waals surface area contributed by atoms with E-state index in [2.05, 4.69) is 4.90 Å². The zero-order valence-electron chi connectivity index (χ0n) is 16.6. The number of carbonyl (C=O) groups is 1. The van der Waals surface area contributed by atoms with Crippen molar-refractivity contribution < 1.29 is 11.9 Å². The maximum atomic E-state index is 13.2. The van der Waals surface area contributed by atoms with E-state index in [0.717, 1.165) is 11.3 Å². The third-order valence-electron chi connectivity index (χ3n) is 5.12. The molecule has 2 fully saturated rings. The minimum Gasteiger partial charge on any atom is -0.368 e. The van der Waals surface area contributed by atoms with E-state index in [-0.39, 0.29) is 18.1 Å². The number of carbonyl (C=O) groups excluding carboxylic acids is 1. The lowest BCUT2D eigenvalue weighted by Crippen LogP contribution is -2.49. The molecule has 0 spiro atoms. The quantitative estimate of drug-likeness (QED) is 0.802. The molecule has 0 N–H and O–H groups in total. The van der Waals surface area contributed by atoms with Crippen LogP contribution in [0.2, 0.25) is 5.02 Å². The Bertz CT molecular complexity index is 917. The van der Waals surface area contributed by atoms with Crippen LogP contribution < -0.4 is 4.90 Å². The molecular formula is C21H22ClFN2O. The first-order valence-electron chi connectivity index (χ1n) is 9.81. The monoisotopic (exact) mass is 374 g/mol. The van der Waals surface area contributed by atoms with Crippen LogP contribution >= 0.6 is 11.6 Å². The Balaban J connectivity index is 1.44. The number of aryl methyl sites for hydroxylation is 1. The number of hydrogen-bond donors (Lipinski definition) is 0. The van der Waals surface area contributed by atoms with Gasteiger partial charge in [0, 0.05) is 45.5 Å². The second kappa shape index (κ2) is 6.92. The van der Waals surface area contributed by atoms with Crippen molar-refractivity contribution in [1.82, 2.24) is 4.90 Å². The highest BCUT2D eigenvalue weighted by atomic mass is 35.5. The molecule has 4 rings (SSSR count). The number of anilines is 1. The highest BCUT2D eigenvalue weighted by molar-refractivity contribution is 6.30. The second-order valence-electron chi connectivity index (χ2n) is 6.85. The number of halogens is 2. The second-order valence-corrected chi connectivity index (χ2v) is 7.29. The van der Waals surface area contributed by atoms with E-state index in [4.69, 9.17) is 14.3 Å². The van der Waals surface area contributed by atoms with Crippen molar-refractivity contribution in [3.05, 3.63) is 64.4 Å². The molecule has 0 bridgehead atoms. The summed E-state index contributed by atoms with van der Waals surface area (Å²) in [4.78, 5) is 16.9. The first-order valence-corrected chi connectivity index (χ1v) is 9.19. The molecule has 2 aliphatic rings. The van der Waals surface area contributed by atoms with E-state index < -0.39 is 11.8 Å². The molecule has 2 aromatic rings. The van der Waals surface area contributed by atoms with Crippen LogP contribution in [-0.4, -0.2) is 37.0 Å². The Morgan fingerprint density at radius 1 is 1.15 bits per heavy atom. The summed E-state index contributed by atoms with van der Waals surface area (Å²) in [6.45, 7) is 4.36. The average molecular weight is 375 g/mol. The lowest BCUT2D eigenvalue weighted by molar-refractivity contribution is -0.132. The molecule has 5 heteroatoms. The van der Waals surface area contributed by atoms with E-state index in [1.54, 1.807) is 4.90 Å². The van der Waals surface area contributed by atoms with Crippen molar-refractivity contribution in [2.75, 3.05) is 31.1 Å². The van der Waals surface area contributed by atoms with Crippen LogP contribution in [0.15, 0.2) is 42.5 Å². The van der Waals surface area contributed by atoms with Gasteiger partial charge in [0.15, 0.2) is 0 Å². The zero-order valence-corrected chi connectivity index (χ0v) is 15.4. The van der Waals surface area contributed by atoms with Crippen LogP contribution in [0.25, 0.3) is 0 Å². The molecule has 3 nitrogen and oxygen atoms in total. The predicted octanol–water partition coefficient (Wildman–Crippen LogP) is 4.24. The molecule has 0 radical (unpaired) electrons. The van der Waals surface area contributed by atoms with Crippen molar-refractivity contribution in [3.8, 4) is 0 Å². The van der Waals surface area contributed by atoms with Gasteiger partial charge in [-0.25, -0.2) is 4.39 Å². The molecule has 2 atom stereocenters. The fourth-order valence-corrected chi connectivity index (χ4v) is 3.70. The highest BCUT2D eigenvalue weighted by Crippen LogP contribution is 2.48. The highest BCUT2D eigenvalue weighted by Gasteiger charge is 2.46. The van der Waals surface area contributed by atoms with E-state index in [1.807, 2.05) is 25.1 Å². The third-order valence-corrected chi connectivity index (χ3v) is 5.36. The fourth-order valence-electron chi connectivity index (χ4n) is 3.53. The van der Waals surface area contributed by atoms with Crippen molar-refractivity contribution in [1.29, 1.82) is 0 Å². The van der Waals surface area contributed by atoms with Crippen LogP contribution in [0.3, 0.4) is 0 Å². The van der Waals surface area contributed by atoms with Gasteiger partial charge in [0.25, 0.3) is 0 Å². The summed E-state index contributed by atoms with van der Waals surface area (Å²) in [5, 5.41) is 0.681. The van der Waals surface area contributed by atoms with Crippen molar-refractivity contribution in [2.24, 2.45) is 5.89 Å². The molecule has 2 aromatic carbocycles. The van der Waals surface area contributed by atoms with Gasteiger partial charge in [-0.3, -0.25) is 4.79 Å². The maximum absolute atomic E-state index is 13.2. The molecule has 2 unspecified atom stereocenters. The van der Waals surface area contributed by atoms with Crippen LogP contribution in [0, 0.1) is 18.6 Å². The van der Waals surface area contributed by atoms with Crippen molar-refractivity contribution in [3.63, 3.8) is 0 Å². The van der Waals surface area contributed by atoms with Crippen LogP contribution in [0.5, 0.6) is 0 Å².